The summed E-state index contributed by atoms with van der Waals surface area (Å²) in [4.78, 5) is 18.1. The number of imidazole rings is 1. The summed E-state index contributed by atoms with van der Waals surface area (Å²) < 4.78 is 1.73. The van der Waals surface area contributed by atoms with E-state index in [4.69, 9.17) is 18.0 Å². The summed E-state index contributed by atoms with van der Waals surface area (Å²) in [6.07, 6.45) is 3.27. The van der Waals surface area contributed by atoms with E-state index >= 15 is 0 Å². The summed E-state index contributed by atoms with van der Waals surface area (Å²) in [6.45, 7) is 0. The first-order valence-corrected chi connectivity index (χ1v) is 6.06. The van der Waals surface area contributed by atoms with E-state index in [1.165, 1.54) is 4.90 Å². The number of nitrogens with two attached hydrogens (primary N) is 1. The summed E-state index contributed by atoms with van der Waals surface area (Å²) in [6, 6.07) is 7.22. The highest BCUT2D eigenvalue weighted by molar-refractivity contribution is 7.80. The first-order chi connectivity index (χ1) is 8.99. The Hall–Kier alpha value is -2.21. The van der Waals surface area contributed by atoms with Crippen molar-refractivity contribution >= 4 is 28.8 Å². The molecule has 0 aliphatic heterocycles. The van der Waals surface area contributed by atoms with Crippen molar-refractivity contribution < 1.29 is 4.79 Å². The van der Waals surface area contributed by atoms with Crippen molar-refractivity contribution in [2.75, 3.05) is 11.9 Å². The van der Waals surface area contributed by atoms with Gasteiger partial charge in [-0.15, -0.1) is 0 Å². The van der Waals surface area contributed by atoms with Crippen molar-refractivity contribution in [3.8, 4) is 0 Å². The number of carbonyl (C=O) groups is 1. The molecule has 5 nitrogen and oxygen atoms in total. The molecule has 2 N–H and O–H groups in total. The van der Waals surface area contributed by atoms with Gasteiger partial charge in [-0.05, 0) is 12.1 Å². The summed E-state index contributed by atoms with van der Waals surface area (Å²) in [7, 11) is 3.51. The lowest BCUT2D eigenvalue weighted by Gasteiger charge is -2.16. The van der Waals surface area contributed by atoms with E-state index in [1.54, 1.807) is 30.2 Å². The normalized spacial score (nSPS) is 10.2. The third kappa shape index (κ3) is 2.79. The van der Waals surface area contributed by atoms with Crippen LogP contribution in [0.1, 0.15) is 16.1 Å². The fourth-order valence-corrected chi connectivity index (χ4v) is 1.81. The molecule has 1 heterocycles. The highest BCUT2D eigenvalue weighted by atomic mass is 32.1. The number of anilines is 1. The van der Waals surface area contributed by atoms with Crippen LogP contribution < -0.4 is 10.6 Å². The van der Waals surface area contributed by atoms with Gasteiger partial charge in [0, 0.05) is 31.5 Å². The number of amides is 1. The van der Waals surface area contributed by atoms with Crippen LogP contribution in [0.25, 0.3) is 0 Å². The van der Waals surface area contributed by atoms with Gasteiger partial charge in [-0.1, -0.05) is 24.4 Å². The Bertz CT molecular complexity index is 635. The van der Waals surface area contributed by atoms with Gasteiger partial charge in [0.05, 0.1) is 6.33 Å². The molecule has 0 bridgehead atoms. The quantitative estimate of drug-likeness (QED) is 0.858. The lowest BCUT2D eigenvalue weighted by Crippen LogP contribution is -2.26. The van der Waals surface area contributed by atoms with Crippen LogP contribution in [0.15, 0.2) is 36.8 Å². The molecular weight excluding hydrogens is 260 g/mol. The number of carbonyl (C=O) groups excluding carboxylic acids is 1. The van der Waals surface area contributed by atoms with Crippen molar-refractivity contribution in [1.82, 2.24) is 9.55 Å². The van der Waals surface area contributed by atoms with Crippen LogP contribution in [-0.4, -0.2) is 27.5 Å². The van der Waals surface area contributed by atoms with Crippen molar-refractivity contribution in [3.63, 3.8) is 0 Å². The lowest BCUT2D eigenvalue weighted by molar-refractivity contribution is 0.0988. The summed E-state index contributed by atoms with van der Waals surface area (Å²) in [5.41, 5.74) is 7.43. The Morgan fingerprint density at radius 1 is 1.47 bits per heavy atom. The molecule has 0 fully saturated rings. The van der Waals surface area contributed by atoms with Crippen LogP contribution in [0, 0.1) is 0 Å². The van der Waals surface area contributed by atoms with Crippen LogP contribution >= 0.6 is 12.2 Å². The van der Waals surface area contributed by atoms with Crippen molar-refractivity contribution in [3.05, 3.63) is 48.0 Å². The maximum absolute atomic E-state index is 12.2. The highest BCUT2D eigenvalue weighted by Crippen LogP contribution is 2.16. The Labute approximate surface area is 116 Å². The number of nitrogens with zero attached hydrogens (tertiary/aromatic N) is 3. The predicted molar refractivity (Wildman–Crippen MR) is 78.3 cm³/mol. The van der Waals surface area contributed by atoms with E-state index in [1.807, 2.05) is 25.2 Å². The second kappa shape index (κ2) is 5.19. The molecule has 0 atom stereocenters. The molecule has 0 unspecified atom stereocenters. The zero-order chi connectivity index (χ0) is 14.0. The molecule has 0 aliphatic rings. The zero-order valence-electron chi connectivity index (χ0n) is 10.7. The lowest BCUT2D eigenvalue weighted by atomic mass is 10.2. The first kappa shape index (κ1) is 13.2. The Kier molecular flexibility index (Phi) is 3.62. The number of thiocarbonyl (C=S) groups is 1. The van der Waals surface area contributed by atoms with Gasteiger partial charge in [0.15, 0.2) is 0 Å². The minimum absolute atomic E-state index is 0.180. The zero-order valence-corrected chi connectivity index (χ0v) is 11.5. The number of hydrogen-bond acceptors (Lipinski definition) is 3. The molecule has 0 spiro atoms. The molecule has 2 rings (SSSR count). The Morgan fingerprint density at radius 3 is 2.79 bits per heavy atom. The SMILES string of the molecule is CN(C(=O)c1cn(C)cn1)c1cccc(C(N)=S)c1. The largest absolute Gasteiger partial charge is 0.389 e. The molecular formula is C13H14N4OS. The van der Waals surface area contributed by atoms with Gasteiger partial charge in [0.2, 0.25) is 0 Å². The van der Waals surface area contributed by atoms with Crippen LogP contribution in [-0.2, 0) is 7.05 Å². The fraction of sp³-hybridized carbons (Fsp3) is 0.154. The third-order valence-corrected chi connectivity index (χ3v) is 2.98. The van der Waals surface area contributed by atoms with Crippen molar-refractivity contribution in [2.45, 2.75) is 0 Å². The molecule has 6 heteroatoms. The maximum Gasteiger partial charge on any atom is 0.278 e. The summed E-state index contributed by atoms with van der Waals surface area (Å²) in [5.74, 6) is -0.180. The van der Waals surface area contributed by atoms with E-state index in [0.717, 1.165) is 11.3 Å². The van der Waals surface area contributed by atoms with Crippen LogP contribution in [0.5, 0.6) is 0 Å². The van der Waals surface area contributed by atoms with Crippen molar-refractivity contribution in [2.24, 2.45) is 12.8 Å². The molecule has 1 aromatic carbocycles. The number of hydrogen-bond donors (Lipinski definition) is 1. The average molecular weight is 274 g/mol. The molecule has 98 valence electrons. The Balaban J connectivity index is 2.28. The minimum atomic E-state index is -0.180. The summed E-state index contributed by atoms with van der Waals surface area (Å²) in [5, 5.41) is 0. The van der Waals surface area contributed by atoms with E-state index in [0.29, 0.717) is 10.7 Å². The standard InChI is InChI=1S/C13H14N4OS/c1-16-7-11(15-8-16)13(18)17(2)10-5-3-4-9(6-10)12(14)19/h3-8H,1-2H3,(H2,14,19). The Morgan fingerprint density at radius 2 is 2.21 bits per heavy atom. The van der Waals surface area contributed by atoms with Gasteiger partial charge < -0.3 is 15.2 Å². The molecule has 0 saturated carbocycles. The van der Waals surface area contributed by atoms with E-state index in [9.17, 15) is 4.79 Å². The molecule has 0 saturated heterocycles. The number of aryl methyl sites for hydroxylation is 1. The van der Waals surface area contributed by atoms with Crippen molar-refractivity contribution in [1.29, 1.82) is 0 Å². The molecule has 0 radical (unpaired) electrons. The number of benzene rings is 1. The molecule has 1 amide bonds. The van der Waals surface area contributed by atoms with Crippen LogP contribution in [0.3, 0.4) is 0 Å². The minimum Gasteiger partial charge on any atom is -0.389 e. The predicted octanol–water partition coefficient (Wildman–Crippen LogP) is 1.33. The van der Waals surface area contributed by atoms with Gasteiger partial charge >= 0.3 is 0 Å². The molecule has 2 aromatic rings. The second-order valence-electron chi connectivity index (χ2n) is 4.20. The molecule has 19 heavy (non-hydrogen) atoms. The van der Waals surface area contributed by atoms with Crippen LogP contribution in [0.4, 0.5) is 5.69 Å². The molecule has 1 aromatic heterocycles. The average Bonchev–Trinajstić information content (AvgIpc) is 2.84. The second-order valence-corrected chi connectivity index (χ2v) is 4.64. The van der Waals surface area contributed by atoms with Crippen LogP contribution in [0.2, 0.25) is 0 Å². The smallest absolute Gasteiger partial charge is 0.278 e. The van der Waals surface area contributed by atoms with E-state index in [-0.39, 0.29) is 5.91 Å². The van der Waals surface area contributed by atoms with E-state index < -0.39 is 0 Å². The van der Waals surface area contributed by atoms with Gasteiger partial charge in [-0.3, -0.25) is 4.79 Å². The number of rotatable bonds is 3. The summed E-state index contributed by atoms with van der Waals surface area (Å²) >= 11 is 4.93. The van der Waals surface area contributed by atoms with Gasteiger partial charge in [-0.25, -0.2) is 4.98 Å². The van der Waals surface area contributed by atoms with Gasteiger partial charge in [-0.2, -0.15) is 0 Å². The fourth-order valence-electron chi connectivity index (χ4n) is 1.68. The van der Waals surface area contributed by atoms with Gasteiger partial charge in [0.25, 0.3) is 5.91 Å². The molecule has 0 aliphatic carbocycles. The highest BCUT2D eigenvalue weighted by Gasteiger charge is 2.16. The third-order valence-electron chi connectivity index (χ3n) is 2.75. The van der Waals surface area contributed by atoms with E-state index in [2.05, 4.69) is 4.98 Å². The number of aromatic nitrogens is 2. The monoisotopic (exact) mass is 274 g/mol. The first-order valence-electron chi connectivity index (χ1n) is 5.65. The maximum atomic E-state index is 12.2. The van der Waals surface area contributed by atoms with Gasteiger partial charge in [0.1, 0.15) is 10.7 Å². The topological polar surface area (TPSA) is 64.2 Å².